The number of fused-ring (bicyclic) bond motifs is 4. The number of rotatable bonds is 2. The Balaban J connectivity index is 1.51. The van der Waals surface area contributed by atoms with Crippen molar-refractivity contribution in [3.63, 3.8) is 0 Å². The van der Waals surface area contributed by atoms with Gasteiger partial charge in [-0.2, -0.15) is 4.99 Å². The van der Waals surface area contributed by atoms with Crippen LogP contribution in [0.5, 0.6) is 23.0 Å². The first-order valence-electron chi connectivity index (χ1n) is 10.1. The highest BCUT2D eigenvalue weighted by atomic mass is 32.1. The van der Waals surface area contributed by atoms with Gasteiger partial charge < -0.3 is 18.8 Å². The van der Waals surface area contributed by atoms with E-state index >= 15 is 0 Å². The van der Waals surface area contributed by atoms with Crippen LogP contribution in [0.3, 0.4) is 0 Å². The fourth-order valence-corrected chi connectivity index (χ4v) is 5.29. The van der Waals surface area contributed by atoms with Crippen LogP contribution in [-0.4, -0.2) is 17.3 Å². The first-order chi connectivity index (χ1) is 15.2. The van der Waals surface area contributed by atoms with E-state index in [4.69, 9.17) is 14.2 Å². The van der Waals surface area contributed by atoms with Gasteiger partial charge in [-0.25, -0.2) is 0 Å². The zero-order valence-electron chi connectivity index (χ0n) is 16.7. The molecule has 1 aromatic heterocycles. The van der Waals surface area contributed by atoms with E-state index in [0.29, 0.717) is 22.8 Å². The van der Waals surface area contributed by atoms with Crippen LogP contribution in [0.15, 0.2) is 65.7 Å². The van der Waals surface area contributed by atoms with E-state index in [0.717, 1.165) is 32.8 Å². The molecule has 7 heteroatoms. The van der Waals surface area contributed by atoms with Crippen molar-refractivity contribution in [2.24, 2.45) is 4.99 Å². The number of benzene rings is 3. The minimum Gasteiger partial charge on any atom is -0.457 e. The van der Waals surface area contributed by atoms with Crippen LogP contribution in [-0.2, 0) is 11.3 Å². The van der Waals surface area contributed by atoms with Crippen LogP contribution in [0.2, 0.25) is 0 Å². The molecule has 2 aliphatic rings. The third-order valence-corrected chi connectivity index (χ3v) is 6.67. The Labute approximate surface area is 182 Å². The maximum absolute atomic E-state index is 13.6. The molecule has 0 radical (unpaired) electrons. The lowest BCUT2D eigenvalue weighted by Gasteiger charge is -2.25. The van der Waals surface area contributed by atoms with Crippen LogP contribution in [0.25, 0.3) is 10.2 Å². The van der Waals surface area contributed by atoms with E-state index in [2.05, 4.69) is 4.99 Å². The van der Waals surface area contributed by atoms with E-state index in [9.17, 15) is 4.79 Å². The summed E-state index contributed by atoms with van der Waals surface area (Å²) in [6.07, 6.45) is 0. The van der Waals surface area contributed by atoms with Crippen molar-refractivity contribution >= 4 is 27.5 Å². The minimum absolute atomic E-state index is 0.211. The highest BCUT2D eigenvalue weighted by Crippen LogP contribution is 2.44. The van der Waals surface area contributed by atoms with Crippen molar-refractivity contribution in [1.29, 1.82) is 0 Å². The lowest BCUT2D eigenvalue weighted by molar-refractivity contribution is -0.118. The molecule has 3 heterocycles. The van der Waals surface area contributed by atoms with Crippen molar-refractivity contribution in [3.05, 3.63) is 76.6 Å². The molecule has 0 saturated heterocycles. The second-order valence-corrected chi connectivity index (χ2v) is 8.37. The number of aromatic nitrogens is 1. The number of hydrogen-bond acceptors (Lipinski definition) is 5. The van der Waals surface area contributed by atoms with Crippen LogP contribution in [0.1, 0.15) is 24.0 Å². The van der Waals surface area contributed by atoms with Gasteiger partial charge in [0.05, 0.1) is 16.1 Å². The molecule has 2 aliphatic heterocycles. The maximum Gasteiger partial charge on any atom is 0.260 e. The monoisotopic (exact) mass is 430 g/mol. The Hall–Kier alpha value is -3.58. The van der Waals surface area contributed by atoms with Gasteiger partial charge >= 0.3 is 0 Å². The van der Waals surface area contributed by atoms with E-state index in [1.54, 1.807) is 0 Å². The first kappa shape index (κ1) is 18.2. The second kappa shape index (κ2) is 6.99. The molecule has 0 spiro atoms. The topological polar surface area (TPSA) is 62.1 Å². The van der Waals surface area contributed by atoms with E-state index < -0.39 is 5.92 Å². The number of amides is 1. The lowest BCUT2D eigenvalue weighted by Crippen LogP contribution is -2.22. The summed E-state index contributed by atoms with van der Waals surface area (Å²) in [7, 11) is 0. The quantitative estimate of drug-likeness (QED) is 0.458. The maximum atomic E-state index is 13.6. The molecule has 4 aromatic rings. The third-order valence-electron chi connectivity index (χ3n) is 5.63. The Bertz CT molecular complexity index is 1370. The standard InChI is InChI=1S/C24H18N2O4S/c1-2-26-16-11-19-20(29-13-28-19)12-21(16)31-24(26)25-23(27)22-14-7-3-5-9-17(14)30-18-10-6-4-8-15(18)22/h3-12,22H,2,13H2,1H3. The zero-order chi connectivity index (χ0) is 20.9. The van der Waals surface area contributed by atoms with E-state index in [1.807, 2.05) is 72.2 Å². The first-order valence-corrected chi connectivity index (χ1v) is 10.9. The van der Waals surface area contributed by atoms with Crippen molar-refractivity contribution in [2.45, 2.75) is 19.4 Å². The molecule has 0 fully saturated rings. The van der Waals surface area contributed by atoms with Crippen LogP contribution >= 0.6 is 11.3 Å². The number of thiazole rings is 1. The van der Waals surface area contributed by atoms with E-state index in [-0.39, 0.29) is 12.7 Å². The van der Waals surface area contributed by atoms with Gasteiger partial charge in [0.2, 0.25) is 6.79 Å². The van der Waals surface area contributed by atoms with Crippen molar-refractivity contribution in [3.8, 4) is 23.0 Å². The Morgan fingerprint density at radius 3 is 2.32 bits per heavy atom. The van der Waals surface area contributed by atoms with Gasteiger partial charge in [-0.3, -0.25) is 4.79 Å². The fraction of sp³-hybridized carbons (Fsp3) is 0.167. The molecule has 0 saturated carbocycles. The van der Waals surface area contributed by atoms with Gasteiger partial charge in [0.25, 0.3) is 5.91 Å². The molecule has 154 valence electrons. The summed E-state index contributed by atoms with van der Waals surface area (Å²) >= 11 is 1.48. The average Bonchev–Trinajstić information content (AvgIpc) is 3.38. The highest BCUT2D eigenvalue weighted by Gasteiger charge is 2.32. The third kappa shape index (κ3) is 2.84. The summed E-state index contributed by atoms with van der Waals surface area (Å²) in [5, 5.41) is 0. The zero-order valence-corrected chi connectivity index (χ0v) is 17.5. The fourth-order valence-electron chi connectivity index (χ4n) is 4.19. The number of aryl methyl sites for hydroxylation is 1. The smallest absolute Gasteiger partial charge is 0.260 e. The van der Waals surface area contributed by atoms with Gasteiger partial charge in [0.1, 0.15) is 11.5 Å². The predicted molar refractivity (Wildman–Crippen MR) is 117 cm³/mol. The van der Waals surface area contributed by atoms with Gasteiger partial charge in [0, 0.05) is 29.8 Å². The normalized spacial score (nSPS) is 14.9. The molecule has 31 heavy (non-hydrogen) atoms. The molecule has 3 aromatic carbocycles. The van der Waals surface area contributed by atoms with Crippen LogP contribution < -0.4 is 19.0 Å². The molecular weight excluding hydrogens is 412 g/mol. The molecule has 0 unspecified atom stereocenters. The minimum atomic E-state index is -0.506. The van der Waals surface area contributed by atoms with Crippen molar-refractivity contribution in [1.82, 2.24) is 4.57 Å². The number of carbonyl (C=O) groups is 1. The summed E-state index contributed by atoms with van der Waals surface area (Å²) in [6.45, 7) is 2.96. The van der Waals surface area contributed by atoms with Crippen molar-refractivity contribution in [2.75, 3.05) is 6.79 Å². The Kier molecular flexibility index (Phi) is 4.11. The molecule has 0 bridgehead atoms. The average molecular weight is 430 g/mol. The summed E-state index contributed by atoms with van der Waals surface area (Å²) in [4.78, 5) is 18.8. The molecule has 0 N–H and O–H groups in total. The molecule has 1 amide bonds. The Morgan fingerprint density at radius 2 is 1.65 bits per heavy atom. The van der Waals surface area contributed by atoms with E-state index in [1.165, 1.54) is 11.3 Å². The predicted octanol–water partition coefficient (Wildman–Crippen LogP) is 4.82. The second-order valence-electron chi connectivity index (χ2n) is 7.36. The van der Waals surface area contributed by atoms with Crippen LogP contribution in [0.4, 0.5) is 0 Å². The summed E-state index contributed by atoms with van der Waals surface area (Å²) in [6, 6.07) is 19.2. The van der Waals surface area contributed by atoms with Crippen molar-refractivity contribution < 1.29 is 19.0 Å². The van der Waals surface area contributed by atoms with Gasteiger partial charge in [-0.05, 0) is 19.1 Å². The number of para-hydroxylation sites is 2. The van der Waals surface area contributed by atoms with Gasteiger partial charge in [-0.1, -0.05) is 47.7 Å². The summed E-state index contributed by atoms with van der Waals surface area (Å²) < 4.78 is 20.1. The summed E-state index contributed by atoms with van der Waals surface area (Å²) in [5.41, 5.74) is 2.65. The number of carbonyl (C=O) groups excluding carboxylic acids is 1. The van der Waals surface area contributed by atoms with Gasteiger partial charge in [-0.15, -0.1) is 0 Å². The number of nitrogens with zero attached hydrogens (tertiary/aromatic N) is 2. The molecule has 0 aliphatic carbocycles. The summed E-state index contributed by atoms with van der Waals surface area (Å²) in [5.74, 6) is 2.12. The highest BCUT2D eigenvalue weighted by molar-refractivity contribution is 7.16. The van der Waals surface area contributed by atoms with Crippen LogP contribution in [0, 0.1) is 0 Å². The molecule has 6 rings (SSSR count). The molecule has 6 nitrogen and oxygen atoms in total. The number of hydrogen-bond donors (Lipinski definition) is 0. The molecule has 0 atom stereocenters. The number of ether oxygens (including phenoxy) is 3. The molecular formula is C24H18N2O4S. The Morgan fingerprint density at radius 1 is 1.00 bits per heavy atom. The largest absolute Gasteiger partial charge is 0.457 e. The lowest BCUT2D eigenvalue weighted by atomic mass is 9.87. The SMILES string of the molecule is CCn1c(=NC(=O)C2c3ccccc3Oc3ccccc32)sc2cc3c(cc21)OCO3. The van der Waals surface area contributed by atoms with Gasteiger partial charge in [0.15, 0.2) is 16.3 Å².